The zero-order valence-corrected chi connectivity index (χ0v) is 6.89. The van der Waals surface area contributed by atoms with Gasteiger partial charge in [0, 0.05) is 12.8 Å². The van der Waals surface area contributed by atoms with E-state index in [0.29, 0.717) is 12.8 Å². The maximum atomic E-state index is 12.0. The summed E-state index contributed by atoms with van der Waals surface area (Å²) in [4.78, 5) is 0. The van der Waals surface area contributed by atoms with Gasteiger partial charge in [-0.1, -0.05) is 24.3 Å². The minimum Gasteiger partial charge on any atom is -0.251 e. The molecule has 0 atom stereocenters. The second-order valence-electron chi connectivity index (χ2n) is 2.65. The normalized spacial score (nSPS) is 10.2. The molecule has 0 saturated heterocycles. The van der Waals surface area contributed by atoms with Crippen LogP contribution in [0.2, 0.25) is 0 Å². The third-order valence-corrected chi connectivity index (χ3v) is 1.85. The van der Waals surface area contributed by atoms with E-state index in [2.05, 4.69) is 0 Å². The van der Waals surface area contributed by atoms with Crippen molar-refractivity contribution in [3.05, 3.63) is 35.4 Å². The minimum absolute atomic E-state index is 0.372. The third-order valence-electron chi connectivity index (χ3n) is 1.85. The number of hydrogen-bond donors (Lipinski definition) is 0. The summed E-state index contributed by atoms with van der Waals surface area (Å²) in [6.45, 7) is -0.743. The Morgan fingerprint density at radius 1 is 0.833 bits per heavy atom. The van der Waals surface area contributed by atoms with Crippen molar-refractivity contribution in [2.75, 3.05) is 13.3 Å². The molecule has 0 N–H and O–H groups in total. The molecule has 0 aliphatic heterocycles. The van der Waals surface area contributed by atoms with E-state index in [-0.39, 0.29) is 13.3 Å². The molecule has 0 spiro atoms. The zero-order chi connectivity index (χ0) is 8.81. The molecule has 0 bridgehead atoms. The van der Waals surface area contributed by atoms with E-state index in [9.17, 15) is 8.78 Å². The summed E-state index contributed by atoms with van der Waals surface area (Å²) < 4.78 is 24.0. The molecule has 0 aliphatic carbocycles. The lowest BCUT2D eigenvalue weighted by atomic mass is 10.0. The van der Waals surface area contributed by atoms with E-state index in [4.69, 9.17) is 0 Å². The molecule has 0 aromatic heterocycles. The van der Waals surface area contributed by atoms with Crippen LogP contribution in [0.3, 0.4) is 0 Å². The average Bonchev–Trinajstić information content (AvgIpc) is 2.09. The summed E-state index contributed by atoms with van der Waals surface area (Å²) in [5, 5.41) is 0. The standard InChI is InChI=1S/C10H12F2/c11-7-5-9-3-1-2-4-10(9)6-8-12/h1-4H,5-8H2. The second-order valence-corrected chi connectivity index (χ2v) is 2.65. The lowest BCUT2D eigenvalue weighted by Gasteiger charge is -2.04. The fourth-order valence-corrected chi connectivity index (χ4v) is 1.25. The summed E-state index contributed by atoms with van der Waals surface area (Å²) in [6, 6.07) is 7.41. The Morgan fingerprint density at radius 2 is 1.25 bits per heavy atom. The molecule has 0 heterocycles. The quantitative estimate of drug-likeness (QED) is 0.651. The van der Waals surface area contributed by atoms with Gasteiger partial charge in [-0.05, 0) is 11.1 Å². The van der Waals surface area contributed by atoms with Crippen LogP contribution in [0.5, 0.6) is 0 Å². The molecular formula is C10H12F2. The van der Waals surface area contributed by atoms with Gasteiger partial charge < -0.3 is 0 Å². The first-order valence-electron chi connectivity index (χ1n) is 4.07. The largest absolute Gasteiger partial charge is 0.251 e. The van der Waals surface area contributed by atoms with Crippen molar-refractivity contribution in [3.63, 3.8) is 0 Å². The Kier molecular flexibility index (Phi) is 3.71. The monoisotopic (exact) mass is 170 g/mol. The molecule has 0 amide bonds. The summed E-state index contributed by atoms with van der Waals surface area (Å²) in [6.07, 6.45) is 0.798. The van der Waals surface area contributed by atoms with E-state index < -0.39 is 0 Å². The average molecular weight is 170 g/mol. The van der Waals surface area contributed by atoms with Crippen molar-refractivity contribution >= 4 is 0 Å². The van der Waals surface area contributed by atoms with E-state index in [0.717, 1.165) is 11.1 Å². The number of rotatable bonds is 4. The smallest absolute Gasteiger partial charge is 0.0934 e. The Hall–Kier alpha value is -0.920. The first-order chi connectivity index (χ1) is 5.88. The van der Waals surface area contributed by atoms with Crippen LogP contribution in [0.1, 0.15) is 11.1 Å². The maximum absolute atomic E-state index is 12.0. The molecule has 0 fully saturated rings. The van der Waals surface area contributed by atoms with Crippen molar-refractivity contribution in [2.45, 2.75) is 12.8 Å². The minimum atomic E-state index is -0.372. The van der Waals surface area contributed by atoms with Gasteiger partial charge in [-0.15, -0.1) is 0 Å². The molecular weight excluding hydrogens is 158 g/mol. The van der Waals surface area contributed by atoms with E-state index in [1.165, 1.54) is 0 Å². The van der Waals surface area contributed by atoms with Crippen LogP contribution in [0, 0.1) is 0 Å². The Balaban J connectivity index is 2.77. The second kappa shape index (κ2) is 4.86. The maximum Gasteiger partial charge on any atom is 0.0934 e. The highest BCUT2D eigenvalue weighted by Crippen LogP contribution is 2.10. The highest BCUT2D eigenvalue weighted by Gasteiger charge is 2.00. The Bertz CT molecular complexity index is 208. The van der Waals surface area contributed by atoms with Crippen molar-refractivity contribution in [1.82, 2.24) is 0 Å². The van der Waals surface area contributed by atoms with Crippen molar-refractivity contribution in [3.8, 4) is 0 Å². The van der Waals surface area contributed by atoms with Gasteiger partial charge >= 0.3 is 0 Å². The highest BCUT2D eigenvalue weighted by molar-refractivity contribution is 5.27. The molecule has 1 aromatic carbocycles. The molecule has 0 saturated carbocycles. The number of halogens is 2. The van der Waals surface area contributed by atoms with Gasteiger partial charge in [0.2, 0.25) is 0 Å². The number of benzene rings is 1. The van der Waals surface area contributed by atoms with Gasteiger partial charge in [0.15, 0.2) is 0 Å². The lowest BCUT2D eigenvalue weighted by Crippen LogP contribution is -1.96. The topological polar surface area (TPSA) is 0 Å². The van der Waals surface area contributed by atoms with Crippen LogP contribution >= 0.6 is 0 Å². The van der Waals surface area contributed by atoms with Crippen LogP contribution in [0.4, 0.5) is 8.78 Å². The van der Waals surface area contributed by atoms with Crippen LogP contribution < -0.4 is 0 Å². The lowest BCUT2D eigenvalue weighted by molar-refractivity contribution is 0.483. The van der Waals surface area contributed by atoms with Crippen molar-refractivity contribution < 1.29 is 8.78 Å². The summed E-state index contributed by atoms with van der Waals surface area (Å²) >= 11 is 0. The van der Waals surface area contributed by atoms with Gasteiger partial charge in [-0.2, -0.15) is 0 Å². The summed E-state index contributed by atoms with van der Waals surface area (Å²) in [5.74, 6) is 0. The van der Waals surface area contributed by atoms with Gasteiger partial charge in [0.05, 0.1) is 13.3 Å². The SMILES string of the molecule is FCCc1ccccc1CCF. The fourth-order valence-electron chi connectivity index (χ4n) is 1.25. The predicted octanol–water partition coefficient (Wildman–Crippen LogP) is 2.71. The van der Waals surface area contributed by atoms with Crippen molar-refractivity contribution in [1.29, 1.82) is 0 Å². The molecule has 12 heavy (non-hydrogen) atoms. The van der Waals surface area contributed by atoms with E-state index >= 15 is 0 Å². The van der Waals surface area contributed by atoms with Gasteiger partial charge in [0.1, 0.15) is 0 Å². The number of alkyl halides is 2. The zero-order valence-electron chi connectivity index (χ0n) is 6.89. The summed E-state index contributed by atoms with van der Waals surface area (Å²) in [5.41, 5.74) is 1.86. The first-order valence-corrected chi connectivity index (χ1v) is 4.07. The van der Waals surface area contributed by atoms with Gasteiger partial charge in [-0.3, -0.25) is 8.78 Å². The van der Waals surface area contributed by atoms with E-state index in [1.807, 2.05) is 24.3 Å². The highest BCUT2D eigenvalue weighted by atomic mass is 19.1. The molecule has 66 valence electrons. The van der Waals surface area contributed by atoms with Gasteiger partial charge in [0.25, 0.3) is 0 Å². The predicted molar refractivity (Wildman–Crippen MR) is 45.8 cm³/mol. The van der Waals surface area contributed by atoms with Crippen LogP contribution in [0.15, 0.2) is 24.3 Å². The van der Waals surface area contributed by atoms with Crippen LogP contribution in [0.25, 0.3) is 0 Å². The van der Waals surface area contributed by atoms with E-state index in [1.54, 1.807) is 0 Å². The number of hydrogen-bond acceptors (Lipinski definition) is 0. The molecule has 0 unspecified atom stereocenters. The molecule has 0 nitrogen and oxygen atoms in total. The van der Waals surface area contributed by atoms with Crippen molar-refractivity contribution in [2.24, 2.45) is 0 Å². The fraction of sp³-hybridized carbons (Fsp3) is 0.400. The Labute approximate surface area is 71.2 Å². The molecule has 0 radical (unpaired) electrons. The third kappa shape index (κ3) is 2.29. The van der Waals surface area contributed by atoms with Crippen LogP contribution in [-0.2, 0) is 12.8 Å². The van der Waals surface area contributed by atoms with Crippen LogP contribution in [-0.4, -0.2) is 13.3 Å². The molecule has 2 heteroatoms. The Morgan fingerprint density at radius 3 is 1.58 bits per heavy atom. The first kappa shape index (κ1) is 9.17. The molecule has 1 aromatic rings. The summed E-state index contributed by atoms with van der Waals surface area (Å²) in [7, 11) is 0. The molecule has 0 aliphatic rings. The van der Waals surface area contributed by atoms with Gasteiger partial charge in [-0.25, -0.2) is 0 Å². The molecule has 1 rings (SSSR count). The number of aryl methyl sites for hydroxylation is 2.